The van der Waals surface area contributed by atoms with Crippen LogP contribution in [0.25, 0.3) is 11.3 Å². The molecule has 0 aliphatic rings. The molecule has 0 fully saturated rings. The third-order valence-electron chi connectivity index (χ3n) is 7.98. The number of aromatic nitrogens is 1. The summed E-state index contributed by atoms with van der Waals surface area (Å²) < 4.78 is 19.8. The third-order valence-corrected chi connectivity index (χ3v) is 7.98. The molecule has 0 aliphatic heterocycles. The molecular weight excluding hydrogens is 546 g/mol. The minimum atomic E-state index is -0.703. The highest BCUT2D eigenvalue weighted by Gasteiger charge is 2.22. The fraction of sp³-hybridized carbons (Fsp3) is 0.410. The van der Waals surface area contributed by atoms with E-state index in [0.29, 0.717) is 25.4 Å². The van der Waals surface area contributed by atoms with E-state index in [1.807, 2.05) is 49.4 Å². The van der Waals surface area contributed by atoms with Crippen molar-refractivity contribution < 1.29 is 19.0 Å². The first-order valence-corrected chi connectivity index (χ1v) is 16.4. The average molecular weight is 596 g/mol. The number of nitrogens with zero attached hydrogens (tertiary/aromatic N) is 1. The molecule has 1 atom stereocenters. The Hall–Kier alpha value is -3.99. The van der Waals surface area contributed by atoms with Crippen LogP contribution in [-0.4, -0.2) is 29.9 Å². The molecule has 44 heavy (non-hydrogen) atoms. The highest BCUT2D eigenvalue weighted by atomic mass is 16.6. The summed E-state index contributed by atoms with van der Waals surface area (Å²) in [5.41, 5.74) is 5.89. The molecule has 0 aliphatic carbocycles. The smallest absolute Gasteiger partial charge is 0.347 e. The van der Waals surface area contributed by atoms with Crippen LogP contribution in [0.1, 0.15) is 75.6 Å². The van der Waals surface area contributed by atoms with Gasteiger partial charge in [-0.15, -0.1) is 0 Å². The minimum Gasteiger partial charge on any atom is -0.494 e. The van der Waals surface area contributed by atoms with Crippen LogP contribution in [0.5, 0.6) is 11.5 Å². The molecule has 4 rings (SSSR count). The van der Waals surface area contributed by atoms with Crippen molar-refractivity contribution in [3.05, 3.63) is 108 Å². The Kier molecular flexibility index (Phi) is 13.4. The molecule has 0 unspecified atom stereocenters. The van der Waals surface area contributed by atoms with E-state index in [2.05, 4.69) is 66.9 Å². The maximum absolute atomic E-state index is 12.6. The number of benzene rings is 3. The number of aryl methyl sites for hydroxylation is 2. The summed E-state index contributed by atoms with van der Waals surface area (Å²) in [7, 11) is 0. The van der Waals surface area contributed by atoms with Crippen LogP contribution in [-0.2, 0) is 28.9 Å². The molecular formula is C39H49NO4. The van der Waals surface area contributed by atoms with Gasteiger partial charge in [0.2, 0.25) is 0 Å². The van der Waals surface area contributed by atoms with Gasteiger partial charge in [-0.3, -0.25) is 0 Å². The lowest BCUT2D eigenvalue weighted by atomic mass is 10.0. The van der Waals surface area contributed by atoms with Gasteiger partial charge in [-0.05, 0) is 98.3 Å². The number of hydrogen-bond acceptors (Lipinski definition) is 4. The molecule has 0 saturated heterocycles. The number of carbonyl (C=O) groups excluding carboxylic acids is 1. The van der Waals surface area contributed by atoms with E-state index in [4.69, 9.17) is 14.2 Å². The van der Waals surface area contributed by atoms with Crippen LogP contribution >= 0.6 is 0 Å². The van der Waals surface area contributed by atoms with Crippen LogP contribution in [0.2, 0.25) is 0 Å². The van der Waals surface area contributed by atoms with Crippen molar-refractivity contribution in [1.82, 2.24) is 4.57 Å². The molecule has 0 N–H and O–H groups in total. The number of esters is 1. The van der Waals surface area contributed by atoms with Gasteiger partial charge in [-0.25, -0.2) is 4.79 Å². The molecule has 1 aromatic heterocycles. The minimum absolute atomic E-state index is 0.319. The average Bonchev–Trinajstić information content (AvgIpc) is 3.42. The van der Waals surface area contributed by atoms with Crippen LogP contribution in [0, 0.1) is 6.92 Å². The van der Waals surface area contributed by atoms with Crippen molar-refractivity contribution in [3.63, 3.8) is 0 Å². The van der Waals surface area contributed by atoms with E-state index in [9.17, 15) is 4.79 Å². The van der Waals surface area contributed by atoms with Crippen molar-refractivity contribution in [2.24, 2.45) is 0 Å². The van der Waals surface area contributed by atoms with Crippen LogP contribution < -0.4 is 9.47 Å². The van der Waals surface area contributed by atoms with Gasteiger partial charge in [0.1, 0.15) is 11.5 Å². The largest absolute Gasteiger partial charge is 0.494 e. The van der Waals surface area contributed by atoms with Crippen LogP contribution in [0.3, 0.4) is 0 Å². The summed E-state index contributed by atoms with van der Waals surface area (Å²) in [5, 5.41) is 0. The van der Waals surface area contributed by atoms with Gasteiger partial charge in [0.05, 0.1) is 13.2 Å². The van der Waals surface area contributed by atoms with E-state index in [1.54, 1.807) is 0 Å². The fourth-order valence-electron chi connectivity index (χ4n) is 5.50. The Balaban J connectivity index is 1.27. The van der Waals surface area contributed by atoms with Gasteiger partial charge < -0.3 is 18.8 Å². The molecule has 0 radical (unpaired) electrons. The summed E-state index contributed by atoms with van der Waals surface area (Å²) in [6.45, 7) is 8.06. The number of hydrogen-bond donors (Lipinski definition) is 0. The molecule has 234 valence electrons. The Morgan fingerprint density at radius 1 is 0.727 bits per heavy atom. The molecule has 0 spiro atoms. The highest BCUT2D eigenvalue weighted by Crippen LogP contribution is 2.26. The first-order valence-electron chi connectivity index (χ1n) is 16.4. The summed E-state index contributed by atoms with van der Waals surface area (Å²) in [4.78, 5) is 12.6. The zero-order chi connectivity index (χ0) is 31.0. The number of unbranched alkanes of at least 4 members (excludes halogenated alkanes) is 5. The van der Waals surface area contributed by atoms with Gasteiger partial charge in [0, 0.05) is 24.4 Å². The molecule has 5 nitrogen and oxygen atoms in total. The van der Waals surface area contributed by atoms with Crippen molar-refractivity contribution in [1.29, 1.82) is 0 Å². The predicted molar refractivity (Wildman–Crippen MR) is 179 cm³/mol. The first kappa shape index (κ1) is 32.9. The SMILES string of the molecule is CCCCCCCCc1ccc(OCCCn2c(C)ccc2-c2ccc(O[C@H](Cc3ccccc3)C(=O)OCC)cc2)cc1. The number of rotatable bonds is 19. The van der Waals surface area contributed by atoms with E-state index in [0.717, 1.165) is 42.0 Å². The van der Waals surface area contributed by atoms with Crippen molar-refractivity contribution >= 4 is 5.97 Å². The predicted octanol–water partition coefficient (Wildman–Crippen LogP) is 9.39. The number of ether oxygens (including phenoxy) is 3. The van der Waals surface area contributed by atoms with E-state index in [-0.39, 0.29) is 5.97 Å². The molecule has 0 saturated carbocycles. The van der Waals surface area contributed by atoms with Gasteiger partial charge in [0.25, 0.3) is 0 Å². The third kappa shape index (κ3) is 10.3. The molecule has 1 heterocycles. The maximum atomic E-state index is 12.6. The molecule has 0 bridgehead atoms. The van der Waals surface area contributed by atoms with E-state index in [1.165, 1.54) is 49.8 Å². The molecule has 0 amide bonds. The molecule has 3 aromatic carbocycles. The Morgan fingerprint density at radius 3 is 2.16 bits per heavy atom. The Labute approximate surface area is 264 Å². The van der Waals surface area contributed by atoms with Crippen molar-refractivity contribution in [2.45, 2.75) is 91.2 Å². The van der Waals surface area contributed by atoms with Crippen molar-refractivity contribution in [2.75, 3.05) is 13.2 Å². The van der Waals surface area contributed by atoms with Crippen LogP contribution in [0.15, 0.2) is 91.0 Å². The fourth-order valence-corrected chi connectivity index (χ4v) is 5.50. The summed E-state index contributed by atoms with van der Waals surface area (Å²) in [6.07, 6.45) is 9.76. The van der Waals surface area contributed by atoms with E-state index < -0.39 is 6.10 Å². The lowest BCUT2D eigenvalue weighted by molar-refractivity contribution is -0.151. The second kappa shape index (κ2) is 18.0. The quantitative estimate of drug-likeness (QED) is 0.0800. The van der Waals surface area contributed by atoms with Gasteiger partial charge >= 0.3 is 5.97 Å². The zero-order valence-electron chi connectivity index (χ0n) is 26.8. The molecule has 4 aromatic rings. The van der Waals surface area contributed by atoms with E-state index >= 15 is 0 Å². The first-order chi connectivity index (χ1) is 21.6. The Morgan fingerprint density at radius 2 is 1.43 bits per heavy atom. The van der Waals surface area contributed by atoms with Gasteiger partial charge in [0.15, 0.2) is 6.10 Å². The lowest BCUT2D eigenvalue weighted by Gasteiger charge is -2.18. The second-order valence-corrected chi connectivity index (χ2v) is 11.4. The summed E-state index contributed by atoms with van der Waals surface area (Å²) >= 11 is 0. The van der Waals surface area contributed by atoms with Crippen molar-refractivity contribution in [3.8, 4) is 22.8 Å². The monoisotopic (exact) mass is 595 g/mol. The molecule has 5 heteroatoms. The lowest BCUT2D eigenvalue weighted by Crippen LogP contribution is -2.31. The number of carbonyl (C=O) groups is 1. The van der Waals surface area contributed by atoms with Gasteiger partial charge in [-0.1, -0.05) is 81.5 Å². The highest BCUT2D eigenvalue weighted by molar-refractivity contribution is 5.75. The standard InChI is InChI=1S/C39H49NO4/c1-4-6-7-8-9-11-15-32-19-23-35(24-20-32)43-29-14-28-40-31(3)18-27-37(40)34-21-25-36(26-22-34)44-38(39(41)42-5-2)30-33-16-12-10-13-17-33/h10,12-13,16-27,38H,4-9,11,14-15,28-30H2,1-3H3/t38-/m1/s1. The summed E-state index contributed by atoms with van der Waals surface area (Å²) in [6, 6.07) is 30.8. The Bertz CT molecular complexity index is 1380. The summed E-state index contributed by atoms with van der Waals surface area (Å²) in [5.74, 6) is 1.23. The topological polar surface area (TPSA) is 49.7 Å². The maximum Gasteiger partial charge on any atom is 0.347 e. The zero-order valence-corrected chi connectivity index (χ0v) is 26.8. The van der Waals surface area contributed by atoms with Crippen LogP contribution in [0.4, 0.5) is 0 Å². The van der Waals surface area contributed by atoms with Gasteiger partial charge in [-0.2, -0.15) is 0 Å². The normalized spacial score (nSPS) is 11.7. The second-order valence-electron chi connectivity index (χ2n) is 11.4.